The van der Waals surface area contributed by atoms with E-state index in [0.29, 0.717) is 23.7 Å². The fourth-order valence-electron chi connectivity index (χ4n) is 3.06. The van der Waals surface area contributed by atoms with E-state index in [1.165, 1.54) is 0 Å². The molecule has 6 heteroatoms. The Hall–Kier alpha value is -1.59. The number of halogens is 1. The highest BCUT2D eigenvalue weighted by Gasteiger charge is 2.34. The van der Waals surface area contributed by atoms with Crippen LogP contribution in [0.1, 0.15) is 44.5 Å². The van der Waals surface area contributed by atoms with Crippen LogP contribution in [0.4, 0.5) is 0 Å². The molecule has 4 unspecified atom stereocenters. The van der Waals surface area contributed by atoms with Gasteiger partial charge in [0.15, 0.2) is 0 Å². The van der Waals surface area contributed by atoms with Crippen molar-refractivity contribution >= 4 is 23.4 Å². The van der Waals surface area contributed by atoms with Gasteiger partial charge in [0.2, 0.25) is 5.91 Å². The van der Waals surface area contributed by atoms with Crippen LogP contribution >= 0.6 is 11.6 Å². The zero-order valence-corrected chi connectivity index (χ0v) is 16.0. The van der Waals surface area contributed by atoms with Crippen molar-refractivity contribution < 1.29 is 14.3 Å². The topological polar surface area (TPSA) is 58.6 Å². The second-order valence-electron chi connectivity index (χ2n) is 6.84. The number of amides is 2. The predicted molar refractivity (Wildman–Crippen MR) is 98.8 cm³/mol. The normalized spacial score (nSPS) is 23.0. The summed E-state index contributed by atoms with van der Waals surface area (Å²) in [7, 11) is 0. The molecule has 0 saturated carbocycles. The lowest BCUT2D eigenvalue weighted by molar-refractivity contribution is -0.146. The van der Waals surface area contributed by atoms with Gasteiger partial charge in [0.1, 0.15) is 6.04 Å². The lowest BCUT2D eigenvalue weighted by Crippen LogP contribution is -2.56. The summed E-state index contributed by atoms with van der Waals surface area (Å²) in [4.78, 5) is 27.4. The molecule has 5 nitrogen and oxygen atoms in total. The minimum absolute atomic E-state index is 0.00255. The lowest BCUT2D eigenvalue weighted by atomic mass is 9.96. The second-order valence-corrected chi connectivity index (χ2v) is 7.28. The van der Waals surface area contributed by atoms with Gasteiger partial charge in [0.05, 0.1) is 12.2 Å². The van der Waals surface area contributed by atoms with Gasteiger partial charge in [-0.1, -0.05) is 31.9 Å². The highest BCUT2D eigenvalue weighted by Crippen LogP contribution is 2.17. The van der Waals surface area contributed by atoms with Crippen LogP contribution in [-0.2, 0) is 9.53 Å². The van der Waals surface area contributed by atoms with Crippen molar-refractivity contribution in [2.45, 2.75) is 52.4 Å². The van der Waals surface area contributed by atoms with E-state index in [0.717, 1.165) is 6.42 Å². The Morgan fingerprint density at radius 1 is 1.24 bits per heavy atom. The summed E-state index contributed by atoms with van der Waals surface area (Å²) in [6.45, 7) is 9.02. The first-order valence-electron chi connectivity index (χ1n) is 8.82. The summed E-state index contributed by atoms with van der Waals surface area (Å²) in [6, 6.07) is 6.11. The van der Waals surface area contributed by atoms with Crippen LogP contribution in [0.25, 0.3) is 0 Å². The molecular formula is C19H27ClN2O3. The summed E-state index contributed by atoms with van der Waals surface area (Å²) in [6.07, 6.45) is 0.793. The van der Waals surface area contributed by atoms with Gasteiger partial charge in [0.25, 0.3) is 5.91 Å². The molecule has 0 aliphatic carbocycles. The zero-order valence-electron chi connectivity index (χ0n) is 15.3. The number of hydrogen-bond donors (Lipinski definition) is 1. The molecule has 4 atom stereocenters. The Labute approximate surface area is 154 Å². The summed E-state index contributed by atoms with van der Waals surface area (Å²) < 4.78 is 5.70. The Bertz CT molecular complexity index is 595. The minimum atomic E-state index is -0.550. The maximum Gasteiger partial charge on any atom is 0.251 e. The zero-order chi connectivity index (χ0) is 18.6. The molecule has 138 valence electrons. The molecule has 25 heavy (non-hydrogen) atoms. The predicted octanol–water partition coefficient (Wildman–Crippen LogP) is 3.12. The number of carbonyl (C=O) groups is 2. The van der Waals surface area contributed by atoms with Gasteiger partial charge in [-0.05, 0) is 44.0 Å². The van der Waals surface area contributed by atoms with E-state index in [-0.39, 0.29) is 29.9 Å². The monoisotopic (exact) mass is 366 g/mol. The largest absolute Gasteiger partial charge is 0.372 e. The highest BCUT2D eigenvalue weighted by molar-refractivity contribution is 6.30. The summed E-state index contributed by atoms with van der Waals surface area (Å²) in [5.74, 6) is -0.263. The van der Waals surface area contributed by atoms with E-state index in [1.807, 2.05) is 27.7 Å². The van der Waals surface area contributed by atoms with Crippen molar-refractivity contribution in [2.75, 3.05) is 13.1 Å². The first-order valence-corrected chi connectivity index (χ1v) is 9.20. The van der Waals surface area contributed by atoms with Crippen LogP contribution in [-0.4, -0.2) is 48.1 Å². The van der Waals surface area contributed by atoms with Crippen LogP contribution in [0, 0.1) is 5.92 Å². The fraction of sp³-hybridized carbons (Fsp3) is 0.579. The molecule has 1 heterocycles. The quantitative estimate of drug-likeness (QED) is 0.871. The number of hydrogen-bond acceptors (Lipinski definition) is 3. The Morgan fingerprint density at radius 2 is 1.80 bits per heavy atom. The molecule has 1 aromatic carbocycles. The van der Waals surface area contributed by atoms with E-state index in [2.05, 4.69) is 5.32 Å². The Morgan fingerprint density at radius 3 is 2.32 bits per heavy atom. The van der Waals surface area contributed by atoms with Crippen molar-refractivity contribution in [3.05, 3.63) is 34.9 Å². The van der Waals surface area contributed by atoms with Gasteiger partial charge in [0, 0.05) is 23.7 Å². The van der Waals surface area contributed by atoms with Crippen molar-refractivity contribution in [3.63, 3.8) is 0 Å². The fourth-order valence-corrected chi connectivity index (χ4v) is 3.19. The van der Waals surface area contributed by atoms with E-state index < -0.39 is 6.04 Å². The molecular weight excluding hydrogens is 340 g/mol. The molecule has 0 spiro atoms. The average molecular weight is 367 g/mol. The van der Waals surface area contributed by atoms with Gasteiger partial charge < -0.3 is 15.0 Å². The standard InChI is InChI=1S/C19H27ClN2O3/c1-5-12(2)17(19(24)22-10-13(3)25-14(4)11-22)21-18(23)15-6-8-16(20)9-7-15/h6-9,12-14,17H,5,10-11H2,1-4H3,(H,21,23). The van der Waals surface area contributed by atoms with Crippen LogP contribution < -0.4 is 5.32 Å². The van der Waals surface area contributed by atoms with Gasteiger partial charge in [-0.15, -0.1) is 0 Å². The van der Waals surface area contributed by atoms with Crippen molar-refractivity contribution in [1.29, 1.82) is 0 Å². The number of rotatable bonds is 5. The maximum absolute atomic E-state index is 13.0. The van der Waals surface area contributed by atoms with Gasteiger partial charge >= 0.3 is 0 Å². The van der Waals surface area contributed by atoms with Crippen LogP contribution in [0.5, 0.6) is 0 Å². The average Bonchev–Trinajstić information content (AvgIpc) is 2.58. The van der Waals surface area contributed by atoms with Crippen molar-refractivity contribution in [3.8, 4) is 0 Å². The Kier molecular flexibility index (Phi) is 6.85. The lowest BCUT2D eigenvalue weighted by Gasteiger charge is -2.38. The molecule has 1 saturated heterocycles. The number of ether oxygens (including phenoxy) is 1. The number of morpholine rings is 1. The first kappa shape index (κ1) is 19.7. The third-order valence-electron chi connectivity index (χ3n) is 4.60. The smallest absolute Gasteiger partial charge is 0.251 e. The summed E-state index contributed by atoms with van der Waals surface area (Å²) >= 11 is 5.87. The third kappa shape index (κ3) is 5.19. The van der Waals surface area contributed by atoms with Crippen molar-refractivity contribution in [1.82, 2.24) is 10.2 Å². The molecule has 0 bridgehead atoms. The summed E-state index contributed by atoms with van der Waals surface area (Å²) in [5, 5.41) is 3.49. The van der Waals surface area contributed by atoms with Crippen LogP contribution in [0.2, 0.25) is 5.02 Å². The SMILES string of the molecule is CCC(C)C(NC(=O)c1ccc(Cl)cc1)C(=O)N1CC(C)OC(C)C1. The van der Waals surface area contributed by atoms with Crippen LogP contribution in [0.15, 0.2) is 24.3 Å². The molecule has 0 aromatic heterocycles. The summed E-state index contributed by atoms with van der Waals surface area (Å²) in [5.41, 5.74) is 0.495. The number of nitrogens with one attached hydrogen (secondary N) is 1. The molecule has 1 N–H and O–H groups in total. The highest BCUT2D eigenvalue weighted by atomic mass is 35.5. The second kappa shape index (κ2) is 8.68. The van der Waals surface area contributed by atoms with Gasteiger partial charge in [-0.3, -0.25) is 9.59 Å². The first-order chi connectivity index (χ1) is 11.8. The van der Waals surface area contributed by atoms with E-state index in [4.69, 9.17) is 16.3 Å². The number of benzene rings is 1. The van der Waals surface area contributed by atoms with Crippen LogP contribution in [0.3, 0.4) is 0 Å². The molecule has 1 aliphatic rings. The Balaban J connectivity index is 2.13. The van der Waals surface area contributed by atoms with E-state index in [9.17, 15) is 9.59 Å². The maximum atomic E-state index is 13.0. The molecule has 1 fully saturated rings. The van der Waals surface area contributed by atoms with E-state index >= 15 is 0 Å². The molecule has 1 aliphatic heterocycles. The molecule has 2 rings (SSSR count). The molecule has 1 aromatic rings. The number of carbonyl (C=O) groups excluding carboxylic acids is 2. The van der Waals surface area contributed by atoms with E-state index in [1.54, 1.807) is 29.2 Å². The third-order valence-corrected chi connectivity index (χ3v) is 4.86. The minimum Gasteiger partial charge on any atom is -0.372 e. The van der Waals surface area contributed by atoms with Gasteiger partial charge in [-0.25, -0.2) is 0 Å². The molecule has 2 amide bonds. The number of nitrogens with zero attached hydrogens (tertiary/aromatic N) is 1. The van der Waals surface area contributed by atoms with Crippen molar-refractivity contribution in [2.24, 2.45) is 5.92 Å². The molecule has 0 radical (unpaired) electrons. The van der Waals surface area contributed by atoms with Gasteiger partial charge in [-0.2, -0.15) is 0 Å².